The van der Waals surface area contributed by atoms with Gasteiger partial charge in [-0.25, -0.2) is 0 Å². The zero-order valence-corrected chi connectivity index (χ0v) is 9.39. The van der Waals surface area contributed by atoms with Crippen molar-refractivity contribution in [1.82, 2.24) is 0 Å². The van der Waals surface area contributed by atoms with Crippen molar-refractivity contribution in [3.05, 3.63) is 45.5 Å². The Kier molecular flexibility index (Phi) is 4.72. The maximum absolute atomic E-state index is 10.7. The van der Waals surface area contributed by atoms with E-state index >= 15 is 0 Å². The van der Waals surface area contributed by atoms with Crippen molar-refractivity contribution >= 4 is 30.7 Å². The maximum atomic E-state index is 10.7. The van der Waals surface area contributed by atoms with E-state index in [0.717, 1.165) is 12.2 Å². The Balaban J connectivity index is 3.02. The lowest BCUT2D eigenvalue weighted by molar-refractivity contribution is -0.385. The van der Waals surface area contributed by atoms with E-state index < -0.39 is 4.92 Å². The Hall–Kier alpha value is -1.62. The number of benzene rings is 1. The first-order valence-corrected chi connectivity index (χ1v) is 5.33. The van der Waals surface area contributed by atoms with Gasteiger partial charge >= 0.3 is 0 Å². The summed E-state index contributed by atoms with van der Waals surface area (Å²) in [4.78, 5) is 20.7. The average Bonchev–Trinajstić information content (AvgIpc) is 2.29. The predicted molar refractivity (Wildman–Crippen MR) is 66.0 cm³/mol. The molecule has 84 valence electrons. The van der Waals surface area contributed by atoms with E-state index in [-0.39, 0.29) is 11.3 Å². The smallest absolute Gasteiger partial charge is 0.280 e. The number of nitro benzene ring substituents is 1. The number of hydrogen-bond acceptors (Lipinski definition) is 4. The molecule has 5 heteroatoms. The highest BCUT2D eigenvalue weighted by atomic mass is 32.1. The van der Waals surface area contributed by atoms with Crippen molar-refractivity contribution in [1.29, 1.82) is 0 Å². The highest BCUT2D eigenvalue weighted by Crippen LogP contribution is 2.19. The fourth-order valence-corrected chi connectivity index (χ4v) is 1.37. The minimum atomic E-state index is -0.556. The molecule has 1 aromatic rings. The SMILES string of the molecule is O=Cc1ccc(C=CCCS)cc1[N+](=O)[O-]. The van der Waals surface area contributed by atoms with Crippen LogP contribution >= 0.6 is 12.6 Å². The number of carbonyl (C=O) groups excluding carboxylic acids is 1. The quantitative estimate of drug-likeness (QED) is 0.371. The Labute approximate surface area is 98.5 Å². The molecule has 0 radical (unpaired) electrons. The van der Waals surface area contributed by atoms with Crippen molar-refractivity contribution < 1.29 is 9.72 Å². The summed E-state index contributed by atoms with van der Waals surface area (Å²) in [5.41, 5.74) is 0.637. The molecule has 0 spiro atoms. The summed E-state index contributed by atoms with van der Waals surface area (Å²) >= 11 is 4.05. The number of rotatable bonds is 5. The first-order chi connectivity index (χ1) is 7.69. The number of allylic oxidation sites excluding steroid dienone is 1. The zero-order valence-electron chi connectivity index (χ0n) is 8.50. The molecular formula is C11H11NO3S. The molecule has 0 fully saturated rings. The lowest BCUT2D eigenvalue weighted by Gasteiger charge is -1.97. The number of aldehydes is 1. The normalized spacial score (nSPS) is 10.6. The van der Waals surface area contributed by atoms with Crippen molar-refractivity contribution in [2.45, 2.75) is 6.42 Å². The van der Waals surface area contributed by atoms with Crippen LogP contribution in [0.2, 0.25) is 0 Å². The van der Waals surface area contributed by atoms with Crippen molar-refractivity contribution in [3.63, 3.8) is 0 Å². The second kappa shape index (κ2) is 6.07. The number of hydrogen-bond donors (Lipinski definition) is 1. The summed E-state index contributed by atoms with van der Waals surface area (Å²) < 4.78 is 0. The van der Waals surface area contributed by atoms with Gasteiger partial charge in [-0.05, 0) is 23.8 Å². The van der Waals surface area contributed by atoms with Crippen LogP contribution in [0.15, 0.2) is 24.3 Å². The van der Waals surface area contributed by atoms with Gasteiger partial charge in [-0.3, -0.25) is 14.9 Å². The molecule has 0 N–H and O–H groups in total. The third kappa shape index (κ3) is 3.20. The van der Waals surface area contributed by atoms with Crippen molar-refractivity contribution in [3.8, 4) is 0 Å². The Morgan fingerprint density at radius 3 is 2.75 bits per heavy atom. The third-order valence-corrected chi connectivity index (χ3v) is 2.24. The van der Waals surface area contributed by atoms with Gasteiger partial charge in [-0.2, -0.15) is 12.6 Å². The van der Waals surface area contributed by atoms with Crippen LogP contribution in [0.5, 0.6) is 0 Å². The molecule has 0 aliphatic rings. The predicted octanol–water partition coefficient (Wildman–Crippen LogP) is 2.74. The molecule has 0 heterocycles. The third-order valence-electron chi connectivity index (χ3n) is 1.98. The van der Waals surface area contributed by atoms with Gasteiger partial charge in [0, 0.05) is 6.07 Å². The standard InChI is InChI=1S/C11H11NO3S/c13-8-10-5-4-9(3-1-2-6-16)7-11(10)12(14)15/h1,3-5,7-8,16H,2,6H2. The molecule has 4 nitrogen and oxygen atoms in total. The molecule has 16 heavy (non-hydrogen) atoms. The van der Waals surface area contributed by atoms with E-state index in [1.807, 2.05) is 6.08 Å². The molecular weight excluding hydrogens is 226 g/mol. The Morgan fingerprint density at radius 1 is 1.44 bits per heavy atom. The summed E-state index contributed by atoms with van der Waals surface area (Å²) in [6, 6.07) is 4.51. The van der Waals surface area contributed by atoms with E-state index in [4.69, 9.17) is 0 Å². The fourth-order valence-electron chi connectivity index (χ4n) is 1.22. The van der Waals surface area contributed by atoms with E-state index in [9.17, 15) is 14.9 Å². The van der Waals surface area contributed by atoms with E-state index in [1.54, 1.807) is 12.1 Å². The summed E-state index contributed by atoms with van der Waals surface area (Å²) in [6.45, 7) is 0. The minimum absolute atomic E-state index is 0.0938. The minimum Gasteiger partial charge on any atom is -0.298 e. The van der Waals surface area contributed by atoms with Gasteiger partial charge < -0.3 is 0 Å². The van der Waals surface area contributed by atoms with Crippen LogP contribution in [0.4, 0.5) is 5.69 Å². The van der Waals surface area contributed by atoms with Crippen LogP contribution in [-0.2, 0) is 0 Å². The van der Waals surface area contributed by atoms with Crippen molar-refractivity contribution in [2.24, 2.45) is 0 Å². The molecule has 0 aromatic heterocycles. The van der Waals surface area contributed by atoms with Crippen LogP contribution in [0.3, 0.4) is 0 Å². The Bertz CT molecular complexity index is 429. The second-order valence-corrected chi connectivity index (χ2v) is 3.56. The molecule has 0 aliphatic carbocycles. The maximum Gasteiger partial charge on any atom is 0.280 e. The van der Waals surface area contributed by atoms with E-state index in [0.29, 0.717) is 11.8 Å². The van der Waals surface area contributed by atoms with Gasteiger partial charge in [0.2, 0.25) is 0 Å². The molecule has 1 rings (SSSR count). The highest BCUT2D eigenvalue weighted by Gasteiger charge is 2.12. The molecule has 1 aromatic carbocycles. The first kappa shape index (κ1) is 12.4. The summed E-state index contributed by atoms with van der Waals surface area (Å²) in [7, 11) is 0. The molecule has 0 bridgehead atoms. The largest absolute Gasteiger partial charge is 0.298 e. The molecule has 0 atom stereocenters. The molecule has 0 saturated heterocycles. The second-order valence-electron chi connectivity index (χ2n) is 3.11. The number of nitro groups is 1. The summed E-state index contributed by atoms with van der Waals surface area (Å²) in [5.74, 6) is 0.727. The molecule has 0 unspecified atom stereocenters. The average molecular weight is 237 g/mol. The molecule has 0 saturated carbocycles. The number of carbonyl (C=O) groups is 1. The summed E-state index contributed by atoms with van der Waals surface area (Å²) in [6.07, 6.45) is 4.94. The lowest BCUT2D eigenvalue weighted by atomic mass is 10.1. The zero-order chi connectivity index (χ0) is 12.0. The van der Waals surface area contributed by atoms with Crippen molar-refractivity contribution in [2.75, 3.05) is 5.75 Å². The monoisotopic (exact) mass is 237 g/mol. The van der Waals surface area contributed by atoms with Crippen LogP contribution in [0, 0.1) is 10.1 Å². The Morgan fingerprint density at radius 2 is 2.19 bits per heavy atom. The van der Waals surface area contributed by atoms with Crippen LogP contribution in [0.25, 0.3) is 6.08 Å². The van der Waals surface area contributed by atoms with Gasteiger partial charge in [-0.1, -0.05) is 18.2 Å². The lowest BCUT2D eigenvalue weighted by Crippen LogP contribution is -1.94. The van der Waals surface area contributed by atoms with E-state index in [1.165, 1.54) is 12.1 Å². The number of nitrogens with zero attached hydrogens (tertiary/aromatic N) is 1. The topological polar surface area (TPSA) is 60.2 Å². The van der Waals surface area contributed by atoms with Gasteiger partial charge in [0.25, 0.3) is 5.69 Å². The van der Waals surface area contributed by atoms with Gasteiger partial charge in [0.05, 0.1) is 10.5 Å². The van der Waals surface area contributed by atoms with Gasteiger partial charge in [-0.15, -0.1) is 0 Å². The van der Waals surface area contributed by atoms with Crippen LogP contribution in [-0.4, -0.2) is 17.0 Å². The molecule has 0 aliphatic heterocycles. The van der Waals surface area contributed by atoms with Gasteiger partial charge in [0.15, 0.2) is 6.29 Å². The van der Waals surface area contributed by atoms with Gasteiger partial charge in [0.1, 0.15) is 0 Å². The molecule has 0 amide bonds. The fraction of sp³-hybridized carbons (Fsp3) is 0.182. The van der Waals surface area contributed by atoms with E-state index in [2.05, 4.69) is 12.6 Å². The van der Waals surface area contributed by atoms with Crippen LogP contribution in [0.1, 0.15) is 22.3 Å². The van der Waals surface area contributed by atoms with Crippen LogP contribution < -0.4 is 0 Å². The summed E-state index contributed by atoms with van der Waals surface area (Å²) in [5, 5.41) is 10.7. The first-order valence-electron chi connectivity index (χ1n) is 4.70. The number of thiol groups is 1. The highest BCUT2D eigenvalue weighted by molar-refractivity contribution is 7.80.